The number of fused-ring (bicyclic) bond motifs is 1. The van der Waals surface area contributed by atoms with E-state index in [2.05, 4.69) is 21.9 Å². The molecule has 1 aliphatic heterocycles. The predicted molar refractivity (Wildman–Crippen MR) is 60.4 cm³/mol. The molecule has 0 aromatic heterocycles. The van der Waals surface area contributed by atoms with Crippen LogP contribution in [0, 0.1) is 0 Å². The van der Waals surface area contributed by atoms with E-state index >= 15 is 0 Å². The van der Waals surface area contributed by atoms with Gasteiger partial charge >= 0.3 is 5.97 Å². The summed E-state index contributed by atoms with van der Waals surface area (Å²) in [4.78, 5) is 17.8. The molecule has 0 radical (unpaired) electrons. The third-order valence-corrected chi connectivity index (χ3v) is 2.74. The molecular weight excluding hydrogens is 206 g/mol. The fraction of sp³-hybridized carbons (Fsp3) is 0.364. The second kappa shape index (κ2) is 4.96. The van der Waals surface area contributed by atoms with Crippen LogP contribution in [0.15, 0.2) is 24.3 Å². The Morgan fingerprint density at radius 3 is 3.12 bits per heavy atom. The summed E-state index contributed by atoms with van der Waals surface area (Å²) in [6, 6.07) is 8.25. The van der Waals surface area contributed by atoms with E-state index in [0.29, 0.717) is 13.0 Å². The van der Waals surface area contributed by atoms with E-state index in [1.165, 1.54) is 11.3 Å². The predicted octanol–water partition coefficient (Wildman–Crippen LogP) is 0.361. The van der Waals surface area contributed by atoms with E-state index in [4.69, 9.17) is 5.84 Å². The number of benzene rings is 1. The molecule has 0 bridgehead atoms. The van der Waals surface area contributed by atoms with Gasteiger partial charge in [-0.25, -0.2) is 5.84 Å². The van der Waals surface area contributed by atoms with E-state index in [0.717, 1.165) is 13.0 Å². The summed E-state index contributed by atoms with van der Waals surface area (Å²) in [6.45, 7) is 1.63. The van der Waals surface area contributed by atoms with Gasteiger partial charge in [-0.15, -0.1) is 0 Å². The molecule has 1 aromatic carbocycles. The Kier molecular flexibility index (Phi) is 3.38. The Labute approximate surface area is 94.1 Å². The van der Waals surface area contributed by atoms with Crippen LogP contribution < -0.4 is 16.3 Å². The normalized spacial score (nSPS) is 13.7. The second-order valence-corrected chi connectivity index (χ2v) is 3.71. The second-order valence-electron chi connectivity index (χ2n) is 3.71. The van der Waals surface area contributed by atoms with Crippen molar-refractivity contribution in [3.63, 3.8) is 0 Å². The Bertz CT molecular complexity index is 381. The Balaban J connectivity index is 1.91. The summed E-state index contributed by atoms with van der Waals surface area (Å²) in [5.74, 6) is 4.54. The van der Waals surface area contributed by atoms with Crippen molar-refractivity contribution in [3.8, 4) is 0 Å². The molecule has 3 N–H and O–H groups in total. The van der Waals surface area contributed by atoms with Gasteiger partial charge in [-0.3, -0.25) is 4.79 Å². The number of carbonyl (C=O) groups excluding carboxylic acids is 1. The first-order valence-corrected chi connectivity index (χ1v) is 5.29. The largest absolute Gasteiger partial charge is 0.370 e. The van der Waals surface area contributed by atoms with Crippen LogP contribution >= 0.6 is 0 Å². The average molecular weight is 221 g/mol. The maximum absolute atomic E-state index is 11.1. The SMILES string of the molecule is NNOC(=O)CCN1CCc2ccccc21. The van der Waals surface area contributed by atoms with Crippen molar-refractivity contribution in [1.29, 1.82) is 0 Å². The zero-order valence-corrected chi connectivity index (χ0v) is 8.98. The first kappa shape index (κ1) is 10.9. The number of anilines is 1. The Morgan fingerprint density at radius 2 is 2.31 bits per heavy atom. The molecule has 0 fully saturated rings. The van der Waals surface area contributed by atoms with Crippen molar-refractivity contribution in [2.24, 2.45) is 5.84 Å². The van der Waals surface area contributed by atoms with Crippen LogP contribution in [0.25, 0.3) is 0 Å². The number of hydrazine groups is 1. The standard InChI is InChI=1S/C11H15N3O2/c12-13-16-11(15)6-8-14-7-5-9-3-1-2-4-10(9)14/h1-4,13H,5-8,12H2. The van der Waals surface area contributed by atoms with Gasteiger partial charge in [0.1, 0.15) is 0 Å². The van der Waals surface area contributed by atoms with E-state index in [1.807, 2.05) is 17.7 Å². The maximum Gasteiger partial charge on any atom is 0.328 e. The smallest absolute Gasteiger partial charge is 0.328 e. The summed E-state index contributed by atoms with van der Waals surface area (Å²) >= 11 is 0. The van der Waals surface area contributed by atoms with Gasteiger partial charge in [0.25, 0.3) is 0 Å². The third-order valence-electron chi connectivity index (χ3n) is 2.74. The van der Waals surface area contributed by atoms with E-state index in [-0.39, 0.29) is 5.97 Å². The van der Waals surface area contributed by atoms with Crippen LogP contribution in [0.2, 0.25) is 0 Å². The number of hydrogen-bond acceptors (Lipinski definition) is 5. The molecule has 5 heteroatoms. The Morgan fingerprint density at radius 1 is 1.50 bits per heavy atom. The molecule has 86 valence electrons. The van der Waals surface area contributed by atoms with E-state index in [9.17, 15) is 4.79 Å². The minimum atomic E-state index is -0.341. The number of hydrogen-bond donors (Lipinski definition) is 2. The number of nitrogens with one attached hydrogen (secondary N) is 1. The van der Waals surface area contributed by atoms with Crippen LogP contribution in [-0.2, 0) is 16.1 Å². The monoisotopic (exact) mass is 221 g/mol. The van der Waals surface area contributed by atoms with Crippen molar-refractivity contribution < 1.29 is 9.63 Å². The van der Waals surface area contributed by atoms with Crippen LogP contribution in [0.5, 0.6) is 0 Å². The zero-order chi connectivity index (χ0) is 11.4. The molecule has 1 aliphatic rings. The van der Waals surface area contributed by atoms with Crippen LogP contribution in [0.4, 0.5) is 5.69 Å². The van der Waals surface area contributed by atoms with E-state index in [1.54, 1.807) is 0 Å². The first-order valence-electron chi connectivity index (χ1n) is 5.29. The lowest BCUT2D eigenvalue weighted by Crippen LogP contribution is -2.29. The quantitative estimate of drug-likeness (QED) is 0.567. The topological polar surface area (TPSA) is 67.6 Å². The molecule has 1 heterocycles. The van der Waals surface area contributed by atoms with Crippen molar-refractivity contribution in [2.45, 2.75) is 12.8 Å². The molecule has 1 aromatic rings. The van der Waals surface area contributed by atoms with Gasteiger partial charge in [-0.2, -0.15) is 0 Å². The maximum atomic E-state index is 11.1. The van der Waals surface area contributed by atoms with Crippen molar-refractivity contribution in [3.05, 3.63) is 29.8 Å². The lowest BCUT2D eigenvalue weighted by molar-refractivity contribution is -0.150. The molecule has 5 nitrogen and oxygen atoms in total. The highest BCUT2D eigenvalue weighted by atomic mass is 16.7. The number of nitrogens with two attached hydrogens (primary N) is 1. The molecule has 0 atom stereocenters. The molecule has 16 heavy (non-hydrogen) atoms. The summed E-state index contributed by atoms with van der Waals surface area (Å²) in [7, 11) is 0. The number of rotatable bonds is 4. The van der Waals surface area contributed by atoms with Gasteiger partial charge in [-0.05, 0) is 18.1 Å². The van der Waals surface area contributed by atoms with Crippen LogP contribution in [0.3, 0.4) is 0 Å². The number of nitrogens with zero attached hydrogens (tertiary/aromatic N) is 1. The van der Waals surface area contributed by atoms with Gasteiger partial charge < -0.3 is 9.74 Å². The zero-order valence-electron chi connectivity index (χ0n) is 8.98. The lowest BCUT2D eigenvalue weighted by Gasteiger charge is -2.18. The summed E-state index contributed by atoms with van der Waals surface area (Å²) < 4.78 is 0. The summed E-state index contributed by atoms with van der Waals surface area (Å²) in [5.41, 5.74) is 4.45. The molecule has 0 amide bonds. The van der Waals surface area contributed by atoms with Gasteiger partial charge in [0, 0.05) is 18.8 Å². The average Bonchev–Trinajstić information content (AvgIpc) is 2.70. The highest BCUT2D eigenvalue weighted by Gasteiger charge is 2.18. The molecule has 0 saturated carbocycles. The minimum Gasteiger partial charge on any atom is -0.370 e. The van der Waals surface area contributed by atoms with E-state index < -0.39 is 0 Å². The van der Waals surface area contributed by atoms with Crippen LogP contribution in [0.1, 0.15) is 12.0 Å². The van der Waals surface area contributed by atoms with Crippen molar-refractivity contribution >= 4 is 11.7 Å². The van der Waals surface area contributed by atoms with Gasteiger partial charge in [-0.1, -0.05) is 23.8 Å². The summed E-state index contributed by atoms with van der Waals surface area (Å²) in [6.07, 6.45) is 1.37. The molecule has 0 unspecified atom stereocenters. The van der Waals surface area contributed by atoms with Crippen molar-refractivity contribution in [1.82, 2.24) is 5.59 Å². The van der Waals surface area contributed by atoms with Gasteiger partial charge in [0.05, 0.1) is 6.42 Å². The van der Waals surface area contributed by atoms with Crippen molar-refractivity contribution in [2.75, 3.05) is 18.0 Å². The third kappa shape index (κ3) is 2.32. The van der Waals surface area contributed by atoms with Gasteiger partial charge in [0.2, 0.25) is 0 Å². The van der Waals surface area contributed by atoms with Gasteiger partial charge in [0.15, 0.2) is 0 Å². The van der Waals surface area contributed by atoms with Crippen LogP contribution in [-0.4, -0.2) is 19.1 Å². The molecule has 0 saturated heterocycles. The number of carbonyl (C=O) groups is 1. The lowest BCUT2D eigenvalue weighted by atomic mass is 10.2. The molecule has 2 rings (SSSR count). The Hall–Kier alpha value is -1.59. The molecule has 0 spiro atoms. The first-order chi connectivity index (χ1) is 7.81. The highest BCUT2D eigenvalue weighted by Crippen LogP contribution is 2.27. The number of para-hydroxylation sites is 1. The molecular formula is C11H15N3O2. The minimum absolute atomic E-state index is 0.332. The molecule has 0 aliphatic carbocycles. The fourth-order valence-electron chi connectivity index (χ4n) is 1.98. The highest BCUT2D eigenvalue weighted by molar-refractivity contribution is 5.70. The fourth-order valence-corrected chi connectivity index (χ4v) is 1.98. The summed E-state index contributed by atoms with van der Waals surface area (Å²) in [5, 5.41) is 0.